The molecule has 1 N–H and O–H groups in total. The minimum atomic E-state index is -3.45. The van der Waals surface area contributed by atoms with Crippen LogP contribution in [0, 0.1) is 5.82 Å². The number of aryl methyl sites for hydroxylation is 1. The SMILES string of the molecule is CCS(=O)(=O)Cc1ccc(C(=O)c2ccc(F)cc2Cl)c(-c2cn(C)c(=O)cc2[C@H](CCO[Si](C)(C)C(C)(C)C)N[S@@+]([O-])C(C)(C)C)c1. The van der Waals surface area contributed by atoms with Crippen molar-refractivity contribution < 1.29 is 26.6 Å². The van der Waals surface area contributed by atoms with Gasteiger partial charge in [0.05, 0.1) is 16.8 Å². The first kappa shape index (κ1) is 40.1. The molecule has 0 spiro atoms. The molecule has 1 heterocycles. The fourth-order valence-corrected chi connectivity index (χ4v) is 7.73. The van der Waals surface area contributed by atoms with E-state index in [4.69, 9.17) is 16.0 Å². The third kappa shape index (κ3) is 9.89. The summed E-state index contributed by atoms with van der Waals surface area (Å²) in [6.45, 7) is 18.1. The number of sulfone groups is 1. The molecule has 1 aromatic heterocycles. The number of benzene rings is 2. The maximum atomic E-state index is 14.1. The van der Waals surface area contributed by atoms with Crippen LogP contribution in [0.5, 0.6) is 0 Å². The molecule has 2 aromatic carbocycles. The van der Waals surface area contributed by atoms with Crippen LogP contribution >= 0.6 is 11.6 Å². The Bertz CT molecular complexity index is 1820. The number of hydrogen-bond acceptors (Lipinski definition) is 7. The van der Waals surface area contributed by atoms with Gasteiger partial charge in [0.25, 0.3) is 5.56 Å². The van der Waals surface area contributed by atoms with Crippen LogP contribution in [0.25, 0.3) is 11.1 Å². The lowest BCUT2D eigenvalue weighted by atomic mass is 9.88. The van der Waals surface area contributed by atoms with Crippen molar-refractivity contribution in [1.29, 1.82) is 0 Å². The first-order valence-corrected chi connectivity index (χ1v) is 22.1. The molecule has 0 aliphatic heterocycles. The molecule has 13 heteroatoms. The number of hydrogen-bond donors (Lipinski definition) is 1. The van der Waals surface area contributed by atoms with Crippen LogP contribution < -0.4 is 10.3 Å². The van der Waals surface area contributed by atoms with Gasteiger partial charge in [-0.1, -0.05) is 51.4 Å². The first-order valence-electron chi connectivity index (χ1n) is 15.8. The lowest BCUT2D eigenvalue weighted by molar-refractivity contribution is 0.103. The van der Waals surface area contributed by atoms with Gasteiger partial charge in [0.2, 0.25) is 0 Å². The van der Waals surface area contributed by atoms with Crippen LogP contribution in [0.2, 0.25) is 23.2 Å². The molecule has 0 radical (unpaired) electrons. The minimum absolute atomic E-state index is 0.0475. The molecule has 0 fully saturated rings. The number of carbonyl (C=O) groups is 1. The third-order valence-corrected chi connectivity index (χ3v) is 16.9. The number of rotatable bonds is 13. The van der Waals surface area contributed by atoms with Crippen molar-refractivity contribution in [2.75, 3.05) is 12.4 Å². The van der Waals surface area contributed by atoms with E-state index < -0.39 is 51.9 Å². The molecule has 8 nitrogen and oxygen atoms in total. The van der Waals surface area contributed by atoms with E-state index in [0.717, 1.165) is 12.1 Å². The highest BCUT2D eigenvalue weighted by Gasteiger charge is 2.38. The van der Waals surface area contributed by atoms with Crippen LogP contribution in [-0.2, 0) is 38.4 Å². The molecular weight excluding hydrogens is 691 g/mol. The number of pyridine rings is 1. The van der Waals surface area contributed by atoms with Gasteiger partial charge in [-0.25, -0.2) is 12.8 Å². The molecule has 0 aliphatic rings. The van der Waals surface area contributed by atoms with Gasteiger partial charge in [-0.3, -0.25) is 9.59 Å². The molecule has 2 atom stereocenters. The van der Waals surface area contributed by atoms with Crippen molar-refractivity contribution in [2.45, 2.75) is 89.6 Å². The lowest BCUT2D eigenvalue weighted by Crippen LogP contribution is -2.43. The molecule has 3 rings (SSSR count). The maximum absolute atomic E-state index is 14.1. The Morgan fingerprint density at radius 2 is 1.69 bits per heavy atom. The van der Waals surface area contributed by atoms with Gasteiger partial charge in [0.15, 0.2) is 23.9 Å². The summed E-state index contributed by atoms with van der Waals surface area (Å²) in [5.41, 5.74) is 1.65. The summed E-state index contributed by atoms with van der Waals surface area (Å²) in [6.07, 6.45) is 1.95. The van der Waals surface area contributed by atoms with Crippen LogP contribution in [0.3, 0.4) is 0 Å². The predicted molar refractivity (Wildman–Crippen MR) is 197 cm³/mol. The normalized spacial score (nSPS) is 14.2. The summed E-state index contributed by atoms with van der Waals surface area (Å²) in [5, 5.41) is -0.124. The smallest absolute Gasteiger partial charge is 0.250 e. The second-order valence-electron chi connectivity index (χ2n) is 14.6. The number of carbonyl (C=O) groups excluding carboxylic acids is 1. The number of nitrogens with zero attached hydrogens (tertiary/aromatic N) is 1. The number of halogens is 2. The Morgan fingerprint density at radius 3 is 2.25 bits per heavy atom. The largest absolute Gasteiger partial charge is 0.598 e. The van der Waals surface area contributed by atoms with Gasteiger partial charge in [-0.05, 0) is 86.3 Å². The van der Waals surface area contributed by atoms with Gasteiger partial charge in [0.1, 0.15) is 10.6 Å². The summed E-state index contributed by atoms with van der Waals surface area (Å²) in [4.78, 5) is 27.3. The summed E-state index contributed by atoms with van der Waals surface area (Å²) in [6, 6.07) is 9.03. The van der Waals surface area contributed by atoms with Crippen LogP contribution in [0.1, 0.15) is 88.0 Å². The highest BCUT2D eigenvalue weighted by atomic mass is 35.5. The fraction of sp³-hybridized carbons (Fsp3) is 0.486. The maximum Gasteiger partial charge on any atom is 0.250 e. The molecule has 3 aromatic rings. The van der Waals surface area contributed by atoms with E-state index >= 15 is 0 Å². The summed E-state index contributed by atoms with van der Waals surface area (Å²) in [5.74, 6) is -1.45. The second kappa shape index (κ2) is 15.3. The Balaban J connectivity index is 2.31. The molecule has 0 bridgehead atoms. The molecule has 0 aliphatic carbocycles. The predicted octanol–water partition coefficient (Wildman–Crippen LogP) is 7.52. The minimum Gasteiger partial charge on any atom is -0.598 e. The van der Waals surface area contributed by atoms with Crippen molar-refractivity contribution in [3.63, 3.8) is 0 Å². The molecule has 0 amide bonds. The van der Waals surface area contributed by atoms with E-state index in [9.17, 15) is 27.0 Å². The van der Waals surface area contributed by atoms with Crippen molar-refractivity contribution in [2.24, 2.45) is 7.05 Å². The Morgan fingerprint density at radius 1 is 1.06 bits per heavy atom. The summed E-state index contributed by atoms with van der Waals surface area (Å²) in [7, 11) is -4.03. The second-order valence-corrected chi connectivity index (χ2v) is 24.1. The lowest BCUT2D eigenvalue weighted by Gasteiger charge is -2.37. The average Bonchev–Trinajstić information content (AvgIpc) is 2.96. The number of nitrogens with one attached hydrogen (secondary N) is 1. The van der Waals surface area contributed by atoms with Crippen LogP contribution in [0.15, 0.2) is 53.5 Å². The van der Waals surface area contributed by atoms with Crippen molar-refractivity contribution >= 4 is 46.9 Å². The van der Waals surface area contributed by atoms with Crippen molar-refractivity contribution in [3.05, 3.63) is 92.1 Å². The van der Waals surface area contributed by atoms with Crippen molar-refractivity contribution in [3.8, 4) is 11.1 Å². The zero-order valence-electron chi connectivity index (χ0n) is 29.5. The molecule has 48 heavy (non-hydrogen) atoms. The van der Waals surface area contributed by atoms with Gasteiger partial charge in [-0.2, -0.15) is 0 Å². The van der Waals surface area contributed by atoms with Gasteiger partial charge in [0, 0.05) is 59.7 Å². The van der Waals surface area contributed by atoms with Gasteiger partial charge < -0.3 is 13.5 Å². The molecule has 0 saturated heterocycles. The van der Waals surface area contributed by atoms with Crippen molar-refractivity contribution in [1.82, 2.24) is 9.29 Å². The van der Waals surface area contributed by atoms with Crippen LogP contribution in [-0.4, -0.2) is 48.7 Å². The van der Waals surface area contributed by atoms with E-state index in [2.05, 4.69) is 38.6 Å². The van der Waals surface area contributed by atoms with Gasteiger partial charge in [-0.15, -0.1) is 4.72 Å². The molecule has 264 valence electrons. The van der Waals surface area contributed by atoms with Gasteiger partial charge >= 0.3 is 0 Å². The van der Waals surface area contributed by atoms with E-state index in [1.807, 2.05) is 20.8 Å². The first-order chi connectivity index (χ1) is 22.0. The average molecular weight is 739 g/mol. The highest BCUT2D eigenvalue weighted by molar-refractivity contribution is 7.91. The van der Waals surface area contributed by atoms with E-state index in [1.165, 1.54) is 22.8 Å². The third-order valence-electron chi connectivity index (χ3n) is 8.74. The Kier molecular flexibility index (Phi) is 12.8. The Hall–Kier alpha value is -2.32. The zero-order valence-corrected chi connectivity index (χ0v) is 32.9. The molecular formula is C35H48ClFN2O6S2Si. The topological polar surface area (TPSA) is 118 Å². The summed E-state index contributed by atoms with van der Waals surface area (Å²) < 4.78 is 63.3. The molecule has 0 unspecified atom stereocenters. The fourth-order valence-electron chi connectivity index (χ4n) is 4.67. The van der Waals surface area contributed by atoms with E-state index in [0.29, 0.717) is 35.3 Å². The summed E-state index contributed by atoms with van der Waals surface area (Å²) >= 11 is 4.77. The van der Waals surface area contributed by atoms with E-state index in [-0.39, 0.29) is 38.3 Å². The quantitative estimate of drug-likeness (QED) is 0.110. The number of ketones is 1. The standard InChI is InChI=1S/C35H48ClFN2O6S2Si/c1-11-47(43,44)22-23-12-14-25(33(41)26-15-13-24(37)19-30(26)36)27(18-23)29-21-39(8)32(40)20-28(29)31(38-46(42)34(2,3)4)16-17-45-48(9,10)35(5,6)7/h12-15,18-21,31,38H,11,16-17,22H2,1-10H3/t31-,46-/m0/s1. The van der Waals surface area contributed by atoms with Crippen LogP contribution in [0.4, 0.5) is 4.39 Å². The van der Waals surface area contributed by atoms with E-state index in [1.54, 1.807) is 32.3 Å². The molecule has 0 saturated carbocycles. The monoisotopic (exact) mass is 738 g/mol. The highest BCUT2D eigenvalue weighted by Crippen LogP contribution is 2.38. The Labute approximate surface area is 293 Å². The number of aromatic nitrogens is 1. The zero-order chi connectivity index (χ0) is 36.4.